The normalized spacial score (nSPS) is 13.9. The number of imide groups is 1. The molecule has 0 bridgehead atoms. The molecule has 1 aliphatic heterocycles. The smallest absolute Gasteiger partial charge is 0.278 e. The number of carbonyl (C=O) groups is 2. The molecule has 4 rings (SSSR count). The summed E-state index contributed by atoms with van der Waals surface area (Å²) in [6, 6.07) is 15.8. The maximum atomic E-state index is 13.6. The largest absolute Gasteiger partial charge is 0.350 e. The van der Waals surface area contributed by atoms with Crippen molar-refractivity contribution < 1.29 is 14.0 Å². The van der Waals surface area contributed by atoms with Gasteiger partial charge in [-0.3, -0.25) is 19.5 Å². The number of halogens is 2. The molecule has 0 saturated carbocycles. The number of hydrogen-bond donors (Lipinski definition) is 1. The van der Waals surface area contributed by atoms with E-state index in [1.165, 1.54) is 18.2 Å². The third kappa shape index (κ3) is 3.88. The lowest BCUT2D eigenvalue weighted by Gasteiger charge is -2.15. The molecule has 144 valence electrons. The van der Waals surface area contributed by atoms with Gasteiger partial charge in [0, 0.05) is 23.1 Å². The summed E-state index contributed by atoms with van der Waals surface area (Å²) in [7, 11) is 0. The molecule has 5 nitrogen and oxygen atoms in total. The summed E-state index contributed by atoms with van der Waals surface area (Å²) in [6.45, 7) is 0.103. The van der Waals surface area contributed by atoms with Crippen molar-refractivity contribution in [2.45, 2.75) is 6.54 Å². The van der Waals surface area contributed by atoms with Gasteiger partial charge in [-0.2, -0.15) is 0 Å². The van der Waals surface area contributed by atoms with Gasteiger partial charge in [-0.25, -0.2) is 4.39 Å². The van der Waals surface area contributed by atoms with Crippen molar-refractivity contribution in [2.75, 3.05) is 5.32 Å². The van der Waals surface area contributed by atoms with Crippen molar-refractivity contribution >= 4 is 34.7 Å². The highest BCUT2D eigenvalue weighted by Gasteiger charge is 2.39. The Morgan fingerprint density at radius 3 is 2.38 bits per heavy atom. The minimum atomic E-state index is -0.485. The SMILES string of the molecule is O=C1C(Nc2cccc(F)c2)=C(c2ccc(Cl)cc2)C(=O)N1Cc1ccncc1. The highest BCUT2D eigenvalue weighted by atomic mass is 35.5. The third-order valence-corrected chi connectivity index (χ3v) is 4.74. The van der Waals surface area contributed by atoms with Gasteiger partial charge in [0.1, 0.15) is 11.5 Å². The molecule has 1 aromatic heterocycles. The van der Waals surface area contributed by atoms with E-state index in [1.807, 2.05) is 0 Å². The van der Waals surface area contributed by atoms with Crippen LogP contribution < -0.4 is 5.32 Å². The molecule has 0 atom stereocenters. The van der Waals surface area contributed by atoms with Gasteiger partial charge in [0.25, 0.3) is 11.8 Å². The van der Waals surface area contributed by atoms with E-state index >= 15 is 0 Å². The first kappa shape index (κ1) is 18.8. The fourth-order valence-corrected chi connectivity index (χ4v) is 3.23. The van der Waals surface area contributed by atoms with Gasteiger partial charge in [-0.05, 0) is 53.6 Å². The van der Waals surface area contributed by atoms with E-state index in [1.54, 1.807) is 54.9 Å². The predicted molar refractivity (Wildman–Crippen MR) is 108 cm³/mol. The molecule has 2 heterocycles. The number of benzene rings is 2. The van der Waals surface area contributed by atoms with Crippen molar-refractivity contribution in [3.8, 4) is 0 Å². The van der Waals surface area contributed by atoms with Crippen LogP contribution in [0.3, 0.4) is 0 Å². The van der Waals surface area contributed by atoms with Gasteiger partial charge >= 0.3 is 0 Å². The zero-order chi connectivity index (χ0) is 20.4. The van der Waals surface area contributed by atoms with Crippen LogP contribution in [0.1, 0.15) is 11.1 Å². The lowest BCUT2D eigenvalue weighted by atomic mass is 10.0. The van der Waals surface area contributed by atoms with Gasteiger partial charge in [0.15, 0.2) is 0 Å². The number of pyridine rings is 1. The van der Waals surface area contributed by atoms with Gasteiger partial charge in [-0.1, -0.05) is 29.8 Å². The maximum absolute atomic E-state index is 13.6. The number of nitrogens with zero attached hydrogens (tertiary/aromatic N) is 2. The number of hydrogen-bond acceptors (Lipinski definition) is 4. The summed E-state index contributed by atoms with van der Waals surface area (Å²) in [5, 5.41) is 3.44. The number of carbonyl (C=O) groups excluding carboxylic acids is 2. The monoisotopic (exact) mass is 407 g/mol. The summed E-state index contributed by atoms with van der Waals surface area (Å²) < 4.78 is 13.6. The molecule has 0 aliphatic carbocycles. The van der Waals surface area contributed by atoms with Gasteiger partial charge in [-0.15, -0.1) is 0 Å². The van der Waals surface area contributed by atoms with Crippen LogP contribution in [0, 0.1) is 5.82 Å². The van der Waals surface area contributed by atoms with Crippen LogP contribution in [0.2, 0.25) is 5.02 Å². The Bertz CT molecular complexity index is 1110. The van der Waals surface area contributed by atoms with Crippen molar-refractivity contribution in [1.29, 1.82) is 0 Å². The van der Waals surface area contributed by atoms with Crippen LogP contribution in [0.4, 0.5) is 10.1 Å². The quantitative estimate of drug-likeness (QED) is 0.642. The molecule has 2 amide bonds. The Labute approximate surface area is 171 Å². The van der Waals surface area contributed by atoms with E-state index < -0.39 is 17.6 Å². The lowest BCUT2D eigenvalue weighted by molar-refractivity contribution is -0.137. The summed E-state index contributed by atoms with van der Waals surface area (Å²) >= 11 is 5.96. The molecule has 29 heavy (non-hydrogen) atoms. The van der Waals surface area contributed by atoms with Gasteiger partial charge in [0.05, 0.1) is 12.1 Å². The summed E-state index contributed by atoms with van der Waals surface area (Å²) in [6.07, 6.45) is 3.19. The number of aromatic nitrogens is 1. The second-order valence-electron chi connectivity index (χ2n) is 6.44. The van der Waals surface area contributed by atoms with Crippen LogP contribution in [0.5, 0.6) is 0 Å². The van der Waals surface area contributed by atoms with Crippen LogP contribution in [0.25, 0.3) is 5.57 Å². The average Bonchev–Trinajstić information content (AvgIpc) is 2.94. The van der Waals surface area contributed by atoms with E-state index in [0.717, 1.165) is 10.5 Å². The molecule has 0 unspecified atom stereocenters. The molecule has 0 spiro atoms. The molecule has 3 aromatic rings. The first-order valence-corrected chi connectivity index (χ1v) is 9.18. The Balaban J connectivity index is 1.75. The van der Waals surface area contributed by atoms with Crippen LogP contribution in [-0.2, 0) is 16.1 Å². The van der Waals surface area contributed by atoms with E-state index in [2.05, 4.69) is 10.3 Å². The van der Waals surface area contributed by atoms with Crippen LogP contribution >= 0.6 is 11.6 Å². The molecule has 0 saturated heterocycles. The molecule has 0 fully saturated rings. The number of rotatable bonds is 5. The second kappa shape index (κ2) is 7.85. The Kier molecular flexibility index (Phi) is 5.10. The summed E-state index contributed by atoms with van der Waals surface area (Å²) in [5.74, 6) is -1.37. The maximum Gasteiger partial charge on any atom is 0.278 e. The topological polar surface area (TPSA) is 62.3 Å². The Morgan fingerprint density at radius 1 is 0.966 bits per heavy atom. The number of anilines is 1. The highest BCUT2D eigenvalue weighted by Crippen LogP contribution is 2.32. The number of amides is 2. The first-order valence-electron chi connectivity index (χ1n) is 8.81. The molecular weight excluding hydrogens is 393 g/mol. The van der Waals surface area contributed by atoms with Crippen molar-refractivity contribution in [1.82, 2.24) is 9.88 Å². The van der Waals surface area contributed by atoms with Crippen LogP contribution in [0.15, 0.2) is 78.8 Å². The lowest BCUT2D eigenvalue weighted by Crippen LogP contribution is -2.32. The van der Waals surface area contributed by atoms with Crippen molar-refractivity contribution in [3.63, 3.8) is 0 Å². The fourth-order valence-electron chi connectivity index (χ4n) is 3.10. The van der Waals surface area contributed by atoms with Crippen LogP contribution in [-0.4, -0.2) is 21.7 Å². The predicted octanol–water partition coefficient (Wildman–Crippen LogP) is 4.27. The van der Waals surface area contributed by atoms with Gasteiger partial charge in [0.2, 0.25) is 0 Å². The molecule has 7 heteroatoms. The standard InChI is InChI=1S/C22H15ClFN3O2/c23-16-6-4-15(5-7-16)19-20(26-18-3-1-2-17(24)12-18)22(29)27(21(19)28)13-14-8-10-25-11-9-14/h1-12,26H,13H2. The molecular formula is C22H15ClFN3O2. The molecule has 1 N–H and O–H groups in total. The van der Waals surface area contributed by atoms with E-state index in [4.69, 9.17) is 11.6 Å². The van der Waals surface area contributed by atoms with E-state index in [9.17, 15) is 14.0 Å². The third-order valence-electron chi connectivity index (χ3n) is 4.48. The van der Waals surface area contributed by atoms with Gasteiger partial charge < -0.3 is 5.32 Å². The molecule has 2 aromatic carbocycles. The second-order valence-corrected chi connectivity index (χ2v) is 6.88. The number of nitrogens with one attached hydrogen (secondary N) is 1. The zero-order valence-electron chi connectivity index (χ0n) is 15.1. The Morgan fingerprint density at radius 2 is 1.69 bits per heavy atom. The van der Waals surface area contributed by atoms with E-state index in [0.29, 0.717) is 16.3 Å². The minimum Gasteiger partial charge on any atom is -0.350 e. The molecule has 0 radical (unpaired) electrons. The Hall–Kier alpha value is -3.51. The van der Waals surface area contributed by atoms with E-state index in [-0.39, 0.29) is 17.8 Å². The first-order chi connectivity index (χ1) is 14.0. The molecule has 1 aliphatic rings. The minimum absolute atomic E-state index is 0.0944. The highest BCUT2D eigenvalue weighted by molar-refractivity contribution is 6.36. The van der Waals surface area contributed by atoms with Crippen molar-refractivity contribution in [3.05, 3.63) is 101 Å². The fraction of sp³-hybridized carbons (Fsp3) is 0.0455. The summed E-state index contributed by atoms with van der Waals surface area (Å²) in [5.41, 5.74) is 1.99. The summed E-state index contributed by atoms with van der Waals surface area (Å²) in [4.78, 5) is 31.4. The van der Waals surface area contributed by atoms with Crippen molar-refractivity contribution in [2.24, 2.45) is 0 Å². The average molecular weight is 408 g/mol. The zero-order valence-corrected chi connectivity index (χ0v) is 15.9.